The van der Waals surface area contributed by atoms with Crippen LogP contribution < -0.4 is 5.73 Å². The minimum absolute atomic E-state index is 0.123. The summed E-state index contributed by atoms with van der Waals surface area (Å²) < 4.78 is 30.1. The van der Waals surface area contributed by atoms with E-state index in [1.165, 1.54) is 11.4 Å². The van der Waals surface area contributed by atoms with Gasteiger partial charge in [-0.3, -0.25) is 4.79 Å². The summed E-state index contributed by atoms with van der Waals surface area (Å²) in [7, 11) is -0.272. The van der Waals surface area contributed by atoms with Crippen molar-refractivity contribution in [3.05, 3.63) is 0 Å². The third kappa shape index (κ3) is 3.91. The zero-order valence-corrected chi connectivity index (χ0v) is 11.6. The maximum absolute atomic E-state index is 12.1. The third-order valence-corrected chi connectivity index (χ3v) is 4.97. The van der Waals surface area contributed by atoms with Crippen molar-refractivity contribution >= 4 is 16.0 Å². The number of sulfonamides is 1. The molecule has 8 heteroatoms. The van der Waals surface area contributed by atoms with Gasteiger partial charge in [-0.2, -0.15) is 4.31 Å². The van der Waals surface area contributed by atoms with Crippen LogP contribution in [0.25, 0.3) is 0 Å². The van der Waals surface area contributed by atoms with Gasteiger partial charge in [0.2, 0.25) is 10.0 Å². The number of carbonyl (C=O) groups is 1. The van der Waals surface area contributed by atoms with E-state index in [0.29, 0.717) is 19.6 Å². The van der Waals surface area contributed by atoms with E-state index in [-0.39, 0.29) is 24.8 Å². The van der Waals surface area contributed by atoms with Crippen LogP contribution in [0.5, 0.6) is 0 Å². The van der Waals surface area contributed by atoms with Gasteiger partial charge in [0, 0.05) is 32.2 Å². The second-order valence-electron chi connectivity index (χ2n) is 4.40. The maximum atomic E-state index is 12.1. The van der Waals surface area contributed by atoms with Gasteiger partial charge in [-0.05, 0) is 7.05 Å². The lowest BCUT2D eigenvalue weighted by Crippen LogP contribution is -2.57. The van der Waals surface area contributed by atoms with Gasteiger partial charge in [-0.1, -0.05) is 0 Å². The van der Waals surface area contributed by atoms with E-state index < -0.39 is 16.0 Å². The number of hydrogen-bond acceptors (Lipinski definition) is 6. The van der Waals surface area contributed by atoms with Gasteiger partial charge in [-0.25, -0.2) is 8.42 Å². The van der Waals surface area contributed by atoms with Crippen LogP contribution >= 0.6 is 0 Å². The first-order valence-electron chi connectivity index (χ1n) is 5.85. The molecule has 1 heterocycles. The molecule has 1 atom stereocenters. The summed E-state index contributed by atoms with van der Waals surface area (Å²) in [5.74, 6) is -0.739. The Morgan fingerprint density at radius 2 is 2.11 bits per heavy atom. The van der Waals surface area contributed by atoms with Crippen LogP contribution in [0, 0.1) is 0 Å². The molecule has 0 aromatic heterocycles. The van der Waals surface area contributed by atoms with Crippen molar-refractivity contribution in [3.63, 3.8) is 0 Å². The fourth-order valence-corrected chi connectivity index (χ4v) is 3.61. The molecular formula is C10H21N3O4S. The van der Waals surface area contributed by atoms with Crippen molar-refractivity contribution < 1.29 is 17.9 Å². The van der Waals surface area contributed by atoms with Crippen LogP contribution in [0.3, 0.4) is 0 Å². The van der Waals surface area contributed by atoms with E-state index in [4.69, 9.17) is 5.73 Å². The molecule has 2 N–H and O–H groups in total. The topological polar surface area (TPSA) is 92.9 Å². The molecule has 0 saturated carbocycles. The third-order valence-electron chi connectivity index (χ3n) is 3.05. The summed E-state index contributed by atoms with van der Waals surface area (Å²) in [6, 6.07) is -0.216. The summed E-state index contributed by atoms with van der Waals surface area (Å²) in [5.41, 5.74) is 5.61. The Bertz CT molecular complexity index is 385. The highest BCUT2D eigenvalue weighted by molar-refractivity contribution is 7.89. The van der Waals surface area contributed by atoms with E-state index in [1.807, 2.05) is 11.9 Å². The number of likely N-dealkylation sites (N-methyl/N-ethyl adjacent to an activating group) is 1. The van der Waals surface area contributed by atoms with Crippen molar-refractivity contribution in [2.45, 2.75) is 12.5 Å². The van der Waals surface area contributed by atoms with Gasteiger partial charge in [-0.15, -0.1) is 0 Å². The SMILES string of the molecule is COC(=O)CCS(=O)(=O)N1CCN(C)CC1CN. The largest absolute Gasteiger partial charge is 0.469 e. The van der Waals surface area contributed by atoms with Crippen LogP contribution in [0.1, 0.15) is 6.42 Å². The molecule has 0 bridgehead atoms. The molecule has 1 saturated heterocycles. The van der Waals surface area contributed by atoms with Crippen LogP contribution in [-0.2, 0) is 19.6 Å². The molecule has 7 nitrogen and oxygen atoms in total. The number of carbonyl (C=O) groups excluding carboxylic acids is 1. The predicted octanol–water partition coefficient (Wildman–Crippen LogP) is -1.55. The molecule has 1 fully saturated rings. The average Bonchev–Trinajstić information content (AvgIpc) is 2.35. The number of nitrogens with two attached hydrogens (primary N) is 1. The number of piperazine rings is 1. The van der Waals surface area contributed by atoms with Gasteiger partial charge in [0.25, 0.3) is 0 Å². The molecule has 106 valence electrons. The lowest BCUT2D eigenvalue weighted by Gasteiger charge is -2.38. The van der Waals surface area contributed by atoms with Gasteiger partial charge >= 0.3 is 5.97 Å². The van der Waals surface area contributed by atoms with Crippen molar-refractivity contribution in [1.82, 2.24) is 9.21 Å². The second-order valence-corrected chi connectivity index (χ2v) is 6.45. The molecule has 1 aliphatic rings. The van der Waals surface area contributed by atoms with Crippen molar-refractivity contribution in [3.8, 4) is 0 Å². The molecular weight excluding hydrogens is 258 g/mol. The van der Waals surface area contributed by atoms with E-state index in [1.54, 1.807) is 0 Å². The molecule has 0 aromatic rings. The lowest BCUT2D eigenvalue weighted by atomic mass is 10.2. The Hall–Kier alpha value is -0.700. The fourth-order valence-electron chi connectivity index (χ4n) is 1.98. The number of ether oxygens (including phenoxy) is 1. The van der Waals surface area contributed by atoms with Crippen LogP contribution in [0.15, 0.2) is 0 Å². The van der Waals surface area contributed by atoms with Crippen LogP contribution in [-0.4, -0.2) is 75.7 Å². The standard InChI is InChI=1S/C10H21N3O4S/c1-12-4-5-13(9(7-11)8-12)18(15,16)6-3-10(14)17-2/h9H,3-8,11H2,1-2H3. The first-order chi connectivity index (χ1) is 8.40. The summed E-state index contributed by atoms with van der Waals surface area (Å²) >= 11 is 0. The molecule has 0 aromatic carbocycles. The quantitative estimate of drug-likeness (QED) is 0.613. The van der Waals surface area contributed by atoms with E-state index in [9.17, 15) is 13.2 Å². The number of hydrogen-bond donors (Lipinski definition) is 1. The minimum Gasteiger partial charge on any atom is -0.469 e. The van der Waals surface area contributed by atoms with Gasteiger partial charge < -0.3 is 15.4 Å². The zero-order chi connectivity index (χ0) is 13.8. The summed E-state index contributed by atoms with van der Waals surface area (Å²) in [5, 5.41) is 0. The van der Waals surface area contributed by atoms with Crippen molar-refractivity contribution in [2.75, 3.05) is 46.1 Å². The van der Waals surface area contributed by atoms with Gasteiger partial charge in [0.05, 0.1) is 19.3 Å². The molecule has 0 amide bonds. The van der Waals surface area contributed by atoms with E-state index in [2.05, 4.69) is 4.74 Å². The highest BCUT2D eigenvalue weighted by atomic mass is 32.2. The molecule has 0 spiro atoms. The summed E-state index contributed by atoms with van der Waals surface area (Å²) in [6.45, 7) is 1.99. The Balaban J connectivity index is 2.68. The van der Waals surface area contributed by atoms with Crippen LogP contribution in [0.2, 0.25) is 0 Å². The van der Waals surface area contributed by atoms with Gasteiger partial charge in [0.15, 0.2) is 0 Å². The zero-order valence-electron chi connectivity index (χ0n) is 10.8. The predicted molar refractivity (Wildman–Crippen MR) is 67.5 cm³/mol. The second kappa shape index (κ2) is 6.46. The molecule has 1 rings (SSSR count). The van der Waals surface area contributed by atoms with Crippen LogP contribution in [0.4, 0.5) is 0 Å². The Kier molecular flexibility index (Phi) is 5.51. The van der Waals surface area contributed by atoms with Gasteiger partial charge in [0.1, 0.15) is 0 Å². The Labute approximate surface area is 108 Å². The van der Waals surface area contributed by atoms with E-state index >= 15 is 0 Å². The highest BCUT2D eigenvalue weighted by Gasteiger charge is 2.33. The molecule has 1 unspecified atom stereocenters. The fraction of sp³-hybridized carbons (Fsp3) is 0.900. The number of rotatable bonds is 5. The average molecular weight is 279 g/mol. The molecule has 18 heavy (non-hydrogen) atoms. The smallest absolute Gasteiger partial charge is 0.306 e. The summed E-state index contributed by atoms with van der Waals surface area (Å²) in [6.07, 6.45) is -0.123. The first kappa shape index (κ1) is 15.4. The van der Waals surface area contributed by atoms with Crippen molar-refractivity contribution in [2.24, 2.45) is 5.73 Å². The Morgan fingerprint density at radius 1 is 1.44 bits per heavy atom. The normalized spacial score (nSPS) is 22.9. The van der Waals surface area contributed by atoms with E-state index in [0.717, 1.165) is 0 Å². The highest BCUT2D eigenvalue weighted by Crippen LogP contribution is 2.14. The molecule has 0 radical (unpaired) electrons. The minimum atomic E-state index is -3.45. The molecule has 1 aliphatic heterocycles. The van der Waals surface area contributed by atoms with Crippen molar-refractivity contribution in [1.29, 1.82) is 0 Å². The number of esters is 1. The number of nitrogens with zero attached hydrogens (tertiary/aromatic N) is 2. The summed E-state index contributed by atoms with van der Waals surface area (Å²) in [4.78, 5) is 13.1. The first-order valence-corrected chi connectivity index (χ1v) is 7.46. The lowest BCUT2D eigenvalue weighted by molar-refractivity contribution is -0.140. The maximum Gasteiger partial charge on any atom is 0.306 e. The molecule has 0 aliphatic carbocycles. The monoisotopic (exact) mass is 279 g/mol. The number of methoxy groups -OCH3 is 1. The Morgan fingerprint density at radius 3 is 2.67 bits per heavy atom.